The first kappa shape index (κ1) is 15.5. The molecule has 0 aromatic heterocycles. The third-order valence-corrected chi connectivity index (χ3v) is 4.24. The lowest BCUT2D eigenvalue weighted by Crippen LogP contribution is -2.32. The van der Waals surface area contributed by atoms with Crippen LogP contribution in [0.3, 0.4) is 0 Å². The molecule has 2 unspecified atom stereocenters. The summed E-state index contributed by atoms with van der Waals surface area (Å²) in [6.45, 7) is 10.8. The monoisotopic (exact) mass is 278 g/mol. The number of hydrogen-bond donors (Lipinski definition) is 1. The maximum absolute atomic E-state index is 13.6. The molecule has 1 aliphatic heterocycles. The van der Waals surface area contributed by atoms with Gasteiger partial charge >= 0.3 is 0 Å². The molecule has 1 heterocycles. The topological polar surface area (TPSA) is 15.3 Å². The highest BCUT2D eigenvalue weighted by Gasteiger charge is 2.15. The minimum absolute atomic E-state index is 0.110. The Morgan fingerprint density at radius 3 is 2.60 bits per heavy atom. The summed E-state index contributed by atoms with van der Waals surface area (Å²) >= 11 is 0. The summed E-state index contributed by atoms with van der Waals surface area (Å²) in [6.07, 6.45) is 2.69. The molecule has 1 saturated heterocycles. The molecular formula is C17H27FN2. The molecule has 0 radical (unpaired) electrons. The van der Waals surface area contributed by atoms with Crippen LogP contribution < -0.4 is 5.32 Å². The lowest BCUT2D eigenvalue weighted by atomic mass is 10.0. The van der Waals surface area contributed by atoms with E-state index in [4.69, 9.17) is 0 Å². The van der Waals surface area contributed by atoms with E-state index in [1.165, 1.54) is 32.5 Å². The zero-order valence-corrected chi connectivity index (χ0v) is 13.0. The maximum Gasteiger partial charge on any atom is 0.126 e. The van der Waals surface area contributed by atoms with Gasteiger partial charge in [0.1, 0.15) is 5.82 Å². The predicted octanol–water partition coefficient (Wildman–Crippen LogP) is 3.52. The third-order valence-electron chi connectivity index (χ3n) is 4.24. The van der Waals surface area contributed by atoms with Crippen LogP contribution in [0.15, 0.2) is 18.2 Å². The van der Waals surface area contributed by atoms with Gasteiger partial charge < -0.3 is 10.2 Å². The number of nitrogens with zero attached hydrogens (tertiary/aromatic N) is 1. The second kappa shape index (κ2) is 7.19. The van der Waals surface area contributed by atoms with Gasteiger partial charge in [0.2, 0.25) is 0 Å². The molecule has 1 aromatic carbocycles. The van der Waals surface area contributed by atoms with Crippen LogP contribution >= 0.6 is 0 Å². The summed E-state index contributed by atoms with van der Waals surface area (Å²) in [7, 11) is 0. The molecule has 0 saturated carbocycles. The van der Waals surface area contributed by atoms with Gasteiger partial charge in [0.15, 0.2) is 0 Å². The molecule has 1 N–H and O–H groups in total. The molecule has 1 aromatic rings. The average molecular weight is 278 g/mol. The first-order valence-electron chi connectivity index (χ1n) is 7.78. The Kier molecular flexibility index (Phi) is 5.55. The summed E-state index contributed by atoms with van der Waals surface area (Å²) in [5, 5.41) is 3.53. The zero-order chi connectivity index (χ0) is 14.5. The van der Waals surface area contributed by atoms with Crippen molar-refractivity contribution in [2.24, 2.45) is 5.92 Å². The lowest BCUT2D eigenvalue weighted by Gasteiger charge is -2.22. The van der Waals surface area contributed by atoms with E-state index in [-0.39, 0.29) is 11.9 Å². The average Bonchev–Trinajstić information content (AvgIpc) is 2.92. The van der Waals surface area contributed by atoms with Crippen LogP contribution in [0.5, 0.6) is 0 Å². The summed E-state index contributed by atoms with van der Waals surface area (Å²) in [5.41, 5.74) is 1.74. The van der Waals surface area contributed by atoms with E-state index in [1.807, 2.05) is 12.1 Å². The van der Waals surface area contributed by atoms with E-state index >= 15 is 0 Å². The number of halogens is 1. The van der Waals surface area contributed by atoms with E-state index in [0.717, 1.165) is 12.1 Å². The van der Waals surface area contributed by atoms with Crippen LogP contribution in [0.1, 0.15) is 43.9 Å². The van der Waals surface area contributed by atoms with Crippen LogP contribution in [0, 0.1) is 18.7 Å². The van der Waals surface area contributed by atoms with Gasteiger partial charge in [-0.15, -0.1) is 0 Å². The quantitative estimate of drug-likeness (QED) is 0.856. The molecule has 0 spiro atoms. The van der Waals surface area contributed by atoms with Crippen molar-refractivity contribution in [3.63, 3.8) is 0 Å². The maximum atomic E-state index is 13.6. The number of aryl methyl sites for hydroxylation is 1. The Hall–Kier alpha value is -0.930. The number of benzene rings is 1. The highest BCUT2D eigenvalue weighted by atomic mass is 19.1. The fourth-order valence-electron chi connectivity index (χ4n) is 2.84. The van der Waals surface area contributed by atoms with Crippen molar-refractivity contribution >= 4 is 0 Å². The number of hydrogen-bond acceptors (Lipinski definition) is 2. The van der Waals surface area contributed by atoms with Crippen LogP contribution in [0.2, 0.25) is 0 Å². The summed E-state index contributed by atoms with van der Waals surface area (Å²) in [6, 6.07) is 5.72. The molecule has 3 heteroatoms. The zero-order valence-electron chi connectivity index (χ0n) is 13.0. The Labute approximate surface area is 122 Å². The second-order valence-corrected chi connectivity index (χ2v) is 6.25. The van der Waals surface area contributed by atoms with Crippen LogP contribution in [-0.2, 0) is 0 Å². The summed E-state index contributed by atoms with van der Waals surface area (Å²) < 4.78 is 13.6. The number of nitrogens with one attached hydrogen (secondary N) is 1. The molecule has 0 bridgehead atoms. The van der Waals surface area contributed by atoms with Crippen LogP contribution in [0.4, 0.5) is 4.39 Å². The van der Waals surface area contributed by atoms with Gasteiger partial charge in [-0.3, -0.25) is 0 Å². The molecule has 0 amide bonds. The van der Waals surface area contributed by atoms with Gasteiger partial charge in [0.05, 0.1) is 0 Å². The van der Waals surface area contributed by atoms with Gasteiger partial charge in [-0.25, -0.2) is 4.39 Å². The fraction of sp³-hybridized carbons (Fsp3) is 0.647. The minimum Gasteiger partial charge on any atom is -0.310 e. The summed E-state index contributed by atoms with van der Waals surface area (Å²) in [4.78, 5) is 2.54. The largest absolute Gasteiger partial charge is 0.310 e. The molecular weight excluding hydrogens is 251 g/mol. The molecule has 20 heavy (non-hydrogen) atoms. The normalized spacial score (nSPS) is 19.2. The van der Waals surface area contributed by atoms with Crippen molar-refractivity contribution in [1.82, 2.24) is 10.2 Å². The second-order valence-electron chi connectivity index (χ2n) is 6.25. The van der Waals surface area contributed by atoms with E-state index in [0.29, 0.717) is 11.5 Å². The smallest absolute Gasteiger partial charge is 0.126 e. The SMILES string of the molecule is Cc1ccc(C(C)NCC(C)CN2CCCC2)cc1F. The minimum atomic E-state index is -0.110. The van der Waals surface area contributed by atoms with Crippen LogP contribution in [-0.4, -0.2) is 31.1 Å². The predicted molar refractivity (Wildman–Crippen MR) is 82.4 cm³/mol. The van der Waals surface area contributed by atoms with E-state index in [9.17, 15) is 4.39 Å². The molecule has 2 nitrogen and oxygen atoms in total. The van der Waals surface area contributed by atoms with E-state index in [2.05, 4.69) is 24.1 Å². The summed E-state index contributed by atoms with van der Waals surface area (Å²) in [5.74, 6) is 0.520. The van der Waals surface area contributed by atoms with Crippen molar-refractivity contribution in [1.29, 1.82) is 0 Å². The molecule has 1 aliphatic rings. The van der Waals surface area contributed by atoms with Crippen molar-refractivity contribution in [3.05, 3.63) is 35.1 Å². The molecule has 112 valence electrons. The van der Waals surface area contributed by atoms with Gasteiger partial charge in [-0.05, 0) is 69.4 Å². The van der Waals surface area contributed by atoms with E-state index in [1.54, 1.807) is 13.0 Å². The highest BCUT2D eigenvalue weighted by Crippen LogP contribution is 2.17. The van der Waals surface area contributed by atoms with Gasteiger partial charge in [0, 0.05) is 12.6 Å². The Morgan fingerprint density at radius 1 is 1.25 bits per heavy atom. The van der Waals surface area contributed by atoms with Crippen molar-refractivity contribution in [2.75, 3.05) is 26.2 Å². The van der Waals surface area contributed by atoms with Crippen molar-refractivity contribution < 1.29 is 4.39 Å². The van der Waals surface area contributed by atoms with Gasteiger partial charge in [0.25, 0.3) is 0 Å². The number of rotatable bonds is 6. The lowest BCUT2D eigenvalue weighted by molar-refractivity contribution is 0.279. The standard InChI is InChI=1S/C17H27FN2/c1-13(12-20-8-4-5-9-20)11-19-15(3)16-7-6-14(2)17(18)10-16/h6-7,10,13,15,19H,4-5,8-9,11-12H2,1-3H3. The fourth-order valence-corrected chi connectivity index (χ4v) is 2.84. The van der Waals surface area contributed by atoms with Crippen molar-refractivity contribution in [3.8, 4) is 0 Å². The van der Waals surface area contributed by atoms with Crippen molar-refractivity contribution in [2.45, 2.75) is 39.7 Å². The molecule has 1 fully saturated rings. The molecule has 0 aliphatic carbocycles. The van der Waals surface area contributed by atoms with Gasteiger partial charge in [-0.1, -0.05) is 19.1 Å². The van der Waals surface area contributed by atoms with E-state index < -0.39 is 0 Å². The van der Waals surface area contributed by atoms with Gasteiger partial charge in [-0.2, -0.15) is 0 Å². The van der Waals surface area contributed by atoms with Crippen LogP contribution in [0.25, 0.3) is 0 Å². The first-order chi connectivity index (χ1) is 9.56. The molecule has 2 atom stereocenters. The number of likely N-dealkylation sites (tertiary alicyclic amines) is 1. The third kappa shape index (κ3) is 4.29. The molecule has 2 rings (SSSR count). The Morgan fingerprint density at radius 2 is 1.95 bits per heavy atom. The Bertz CT molecular complexity index is 427. The Balaban J connectivity index is 1.78. The first-order valence-corrected chi connectivity index (χ1v) is 7.78. The highest BCUT2D eigenvalue weighted by molar-refractivity contribution is 5.25.